The fraction of sp³-hybridized carbons (Fsp3) is 0.478. The van der Waals surface area contributed by atoms with Gasteiger partial charge in [-0.2, -0.15) is 0 Å². The fourth-order valence-corrected chi connectivity index (χ4v) is 6.23. The van der Waals surface area contributed by atoms with E-state index in [0.717, 1.165) is 37.0 Å². The Bertz CT molecular complexity index is 1020. The summed E-state index contributed by atoms with van der Waals surface area (Å²) in [5.74, 6) is -0.428. The highest BCUT2D eigenvalue weighted by Gasteiger charge is 2.25. The number of benzene rings is 1. The summed E-state index contributed by atoms with van der Waals surface area (Å²) >= 11 is 1.15. The van der Waals surface area contributed by atoms with Crippen LogP contribution in [0.1, 0.15) is 39.0 Å². The van der Waals surface area contributed by atoms with Gasteiger partial charge in [0.2, 0.25) is 0 Å². The van der Waals surface area contributed by atoms with Gasteiger partial charge >= 0.3 is 5.97 Å². The highest BCUT2D eigenvalue weighted by Crippen LogP contribution is 2.26. The van der Waals surface area contributed by atoms with Gasteiger partial charge in [-0.05, 0) is 55.5 Å². The van der Waals surface area contributed by atoms with E-state index in [1.165, 1.54) is 17.8 Å². The van der Waals surface area contributed by atoms with Gasteiger partial charge in [-0.15, -0.1) is 11.3 Å². The van der Waals surface area contributed by atoms with Crippen molar-refractivity contribution in [2.45, 2.75) is 49.3 Å². The molecule has 1 amide bonds. The summed E-state index contributed by atoms with van der Waals surface area (Å²) in [6.45, 7) is 1.90. The Morgan fingerprint density at radius 1 is 1.06 bits per heavy atom. The number of carbonyl (C=O) groups excluding carboxylic acids is 2. The van der Waals surface area contributed by atoms with Crippen molar-refractivity contribution in [2.24, 2.45) is 0 Å². The molecule has 0 aliphatic heterocycles. The van der Waals surface area contributed by atoms with E-state index in [1.807, 2.05) is 6.92 Å². The maximum absolute atomic E-state index is 12.6. The molecule has 0 radical (unpaired) electrons. The summed E-state index contributed by atoms with van der Waals surface area (Å²) in [5.41, 5.74) is 0.464. The van der Waals surface area contributed by atoms with Crippen LogP contribution in [0.2, 0.25) is 0 Å². The van der Waals surface area contributed by atoms with Gasteiger partial charge in [0, 0.05) is 19.6 Å². The molecule has 1 fully saturated rings. The van der Waals surface area contributed by atoms with E-state index in [9.17, 15) is 18.0 Å². The molecule has 8 nitrogen and oxygen atoms in total. The maximum atomic E-state index is 12.6. The zero-order valence-electron chi connectivity index (χ0n) is 18.9. The third-order valence-corrected chi connectivity index (χ3v) is 8.86. The zero-order valence-corrected chi connectivity index (χ0v) is 20.6. The number of nitrogens with zero attached hydrogens (tertiary/aromatic N) is 2. The first-order valence-electron chi connectivity index (χ1n) is 11.0. The van der Waals surface area contributed by atoms with Crippen LogP contribution in [0.15, 0.2) is 46.0 Å². The molecule has 1 saturated carbocycles. The van der Waals surface area contributed by atoms with Crippen LogP contribution in [0.5, 0.6) is 5.75 Å². The monoisotopic (exact) mass is 494 g/mol. The standard InChI is InChI=1S/C23H30N2O6S2/c1-3-25(19-8-5-4-6-9-19)21(26)16-31-22(27)17-30-20-13-11-18(12-14-20)24(2)33(28,29)23-10-7-15-32-23/h7,10-15,19H,3-6,8-9,16-17H2,1-2H3. The number of anilines is 1. The second-order valence-corrected chi connectivity index (χ2v) is 11.0. The number of thiophene rings is 1. The van der Waals surface area contributed by atoms with E-state index in [2.05, 4.69) is 0 Å². The lowest BCUT2D eigenvalue weighted by molar-refractivity contribution is -0.154. The third kappa shape index (κ3) is 6.48. The SMILES string of the molecule is CCN(C(=O)COC(=O)COc1ccc(N(C)S(=O)(=O)c2cccs2)cc1)C1CCCCC1. The van der Waals surface area contributed by atoms with Crippen molar-refractivity contribution in [1.29, 1.82) is 0 Å². The maximum Gasteiger partial charge on any atom is 0.344 e. The molecule has 1 aliphatic rings. The number of esters is 1. The Balaban J connectivity index is 1.47. The van der Waals surface area contributed by atoms with E-state index in [1.54, 1.807) is 46.7 Å². The van der Waals surface area contributed by atoms with Gasteiger partial charge in [0.05, 0.1) is 5.69 Å². The molecule has 1 aliphatic carbocycles. The van der Waals surface area contributed by atoms with Crippen LogP contribution in [0, 0.1) is 0 Å². The number of likely N-dealkylation sites (N-methyl/N-ethyl adjacent to an activating group) is 1. The average Bonchev–Trinajstić information content (AvgIpc) is 3.38. The molecule has 0 saturated heterocycles. The summed E-state index contributed by atoms with van der Waals surface area (Å²) in [6.07, 6.45) is 5.44. The summed E-state index contributed by atoms with van der Waals surface area (Å²) in [7, 11) is -2.14. The highest BCUT2D eigenvalue weighted by molar-refractivity contribution is 7.94. The molecular formula is C23H30N2O6S2. The predicted octanol–water partition coefficient (Wildman–Crippen LogP) is 3.68. The number of hydrogen-bond donors (Lipinski definition) is 0. The quantitative estimate of drug-likeness (QED) is 0.468. The summed E-state index contributed by atoms with van der Waals surface area (Å²) < 4.78 is 37.2. The first kappa shape index (κ1) is 25.0. The van der Waals surface area contributed by atoms with Crippen molar-refractivity contribution < 1.29 is 27.5 Å². The molecule has 33 heavy (non-hydrogen) atoms. The topological polar surface area (TPSA) is 93.2 Å². The van der Waals surface area contributed by atoms with E-state index in [0.29, 0.717) is 18.0 Å². The molecule has 10 heteroatoms. The molecule has 3 rings (SSSR count). The van der Waals surface area contributed by atoms with E-state index >= 15 is 0 Å². The normalized spacial score (nSPS) is 14.5. The second-order valence-electron chi connectivity index (χ2n) is 7.82. The predicted molar refractivity (Wildman–Crippen MR) is 127 cm³/mol. The van der Waals surface area contributed by atoms with Gasteiger partial charge in [-0.25, -0.2) is 13.2 Å². The van der Waals surface area contributed by atoms with Crippen LogP contribution in [0.25, 0.3) is 0 Å². The average molecular weight is 495 g/mol. The Labute approximate surface area is 199 Å². The molecule has 0 spiro atoms. The highest BCUT2D eigenvalue weighted by atomic mass is 32.2. The van der Waals surface area contributed by atoms with Gasteiger partial charge in [-0.1, -0.05) is 25.3 Å². The van der Waals surface area contributed by atoms with Crippen LogP contribution < -0.4 is 9.04 Å². The number of ether oxygens (including phenoxy) is 2. The van der Waals surface area contributed by atoms with Crippen molar-refractivity contribution >= 4 is 38.9 Å². The molecule has 2 aromatic rings. The summed E-state index contributed by atoms with van der Waals surface area (Å²) in [5, 5.41) is 1.71. The van der Waals surface area contributed by atoms with Crippen molar-refractivity contribution in [3.8, 4) is 5.75 Å². The van der Waals surface area contributed by atoms with Crippen molar-refractivity contribution in [3.05, 3.63) is 41.8 Å². The van der Waals surface area contributed by atoms with Crippen LogP contribution in [-0.2, 0) is 24.3 Å². The number of hydrogen-bond acceptors (Lipinski definition) is 7. The number of rotatable bonds is 10. The lowest BCUT2D eigenvalue weighted by Gasteiger charge is -2.33. The van der Waals surface area contributed by atoms with Crippen molar-refractivity contribution in [3.63, 3.8) is 0 Å². The molecule has 0 unspecified atom stereocenters. The lowest BCUT2D eigenvalue weighted by atomic mass is 9.94. The third-order valence-electron chi connectivity index (χ3n) is 5.70. The van der Waals surface area contributed by atoms with Gasteiger partial charge in [0.1, 0.15) is 9.96 Å². The van der Waals surface area contributed by atoms with Crippen LogP contribution >= 0.6 is 11.3 Å². The van der Waals surface area contributed by atoms with Gasteiger partial charge < -0.3 is 14.4 Å². The minimum absolute atomic E-state index is 0.183. The van der Waals surface area contributed by atoms with Crippen LogP contribution in [-0.4, -0.2) is 58.0 Å². The second kappa shape index (κ2) is 11.5. The Morgan fingerprint density at radius 2 is 1.76 bits per heavy atom. The van der Waals surface area contributed by atoms with E-state index in [4.69, 9.17) is 9.47 Å². The first-order chi connectivity index (χ1) is 15.8. The minimum Gasteiger partial charge on any atom is -0.482 e. The van der Waals surface area contributed by atoms with Crippen molar-refractivity contribution in [1.82, 2.24) is 4.90 Å². The molecule has 0 N–H and O–H groups in total. The molecule has 180 valence electrons. The van der Waals surface area contributed by atoms with E-state index in [-0.39, 0.29) is 29.4 Å². The number of sulfonamides is 1. The van der Waals surface area contributed by atoms with E-state index < -0.39 is 16.0 Å². The van der Waals surface area contributed by atoms with Crippen molar-refractivity contribution in [2.75, 3.05) is 31.1 Å². The van der Waals surface area contributed by atoms with Crippen LogP contribution in [0.4, 0.5) is 5.69 Å². The smallest absolute Gasteiger partial charge is 0.344 e. The van der Waals surface area contributed by atoms with Gasteiger partial charge in [-0.3, -0.25) is 9.10 Å². The Morgan fingerprint density at radius 3 is 2.36 bits per heavy atom. The fourth-order valence-electron chi connectivity index (χ4n) is 3.88. The first-order valence-corrected chi connectivity index (χ1v) is 13.3. The zero-order chi connectivity index (χ0) is 23.8. The molecule has 0 bridgehead atoms. The molecule has 1 aromatic carbocycles. The minimum atomic E-state index is -3.62. The number of amides is 1. The number of carbonyl (C=O) groups is 2. The summed E-state index contributed by atoms with van der Waals surface area (Å²) in [4.78, 5) is 26.3. The lowest BCUT2D eigenvalue weighted by Crippen LogP contribution is -2.43. The van der Waals surface area contributed by atoms with Crippen LogP contribution in [0.3, 0.4) is 0 Å². The summed E-state index contributed by atoms with van der Waals surface area (Å²) in [6, 6.07) is 9.82. The van der Waals surface area contributed by atoms with Gasteiger partial charge in [0.25, 0.3) is 15.9 Å². The van der Waals surface area contributed by atoms with Gasteiger partial charge in [0.15, 0.2) is 13.2 Å². The molecule has 1 heterocycles. The molecule has 0 atom stereocenters. The largest absolute Gasteiger partial charge is 0.482 e. The molecule has 1 aromatic heterocycles. The molecular weight excluding hydrogens is 464 g/mol. The Kier molecular flexibility index (Phi) is 8.74. The Hall–Kier alpha value is -2.59.